The maximum absolute atomic E-state index is 12.7. The van der Waals surface area contributed by atoms with E-state index in [4.69, 9.17) is 0 Å². The zero-order chi connectivity index (χ0) is 15.7. The van der Waals surface area contributed by atoms with Crippen LogP contribution in [0.3, 0.4) is 0 Å². The van der Waals surface area contributed by atoms with Crippen molar-refractivity contribution in [3.05, 3.63) is 12.0 Å². The van der Waals surface area contributed by atoms with E-state index >= 15 is 0 Å². The van der Waals surface area contributed by atoms with Crippen LogP contribution in [0.4, 0.5) is 0 Å². The Morgan fingerprint density at radius 1 is 1.52 bits per heavy atom. The van der Waals surface area contributed by atoms with E-state index in [0.717, 1.165) is 4.31 Å². The molecule has 0 amide bonds. The lowest BCUT2D eigenvalue weighted by atomic mass is 9.92. The third kappa shape index (κ3) is 2.57. The zero-order valence-corrected chi connectivity index (χ0v) is 13.1. The molecule has 1 aliphatic heterocycles. The molecule has 1 aliphatic rings. The van der Waals surface area contributed by atoms with Crippen molar-refractivity contribution in [2.45, 2.75) is 56.5 Å². The van der Waals surface area contributed by atoms with Gasteiger partial charge in [-0.3, -0.25) is 4.79 Å². The highest BCUT2D eigenvalue weighted by molar-refractivity contribution is 7.89. The molecule has 1 unspecified atom stereocenters. The molecule has 2 heterocycles. The molecular weight excluding hydrogens is 294 g/mol. The van der Waals surface area contributed by atoms with Crippen LogP contribution in [0.5, 0.6) is 0 Å². The second-order valence-corrected chi connectivity index (χ2v) is 7.15. The van der Waals surface area contributed by atoms with Crippen molar-refractivity contribution in [3.8, 4) is 0 Å². The van der Waals surface area contributed by atoms with Crippen molar-refractivity contribution in [2.24, 2.45) is 0 Å². The number of hydrogen-bond donors (Lipinski definition) is 2. The molecule has 0 aliphatic carbocycles. The van der Waals surface area contributed by atoms with Crippen LogP contribution in [0.25, 0.3) is 0 Å². The Hall–Kier alpha value is -1.41. The molecule has 8 heteroatoms. The van der Waals surface area contributed by atoms with E-state index in [9.17, 15) is 18.3 Å². The maximum Gasteiger partial charge on any atom is 0.325 e. The smallest absolute Gasteiger partial charge is 0.325 e. The van der Waals surface area contributed by atoms with Gasteiger partial charge in [-0.2, -0.15) is 4.31 Å². The number of aryl methyl sites for hydroxylation is 1. The van der Waals surface area contributed by atoms with Gasteiger partial charge in [-0.05, 0) is 19.3 Å². The molecule has 0 radical (unpaired) electrons. The number of rotatable bonds is 6. The first kappa shape index (κ1) is 16.0. The van der Waals surface area contributed by atoms with Crippen LogP contribution in [0.2, 0.25) is 0 Å². The predicted molar refractivity (Wildman–Crippen MR) is 76.4 cm³/mol. The lowest BCUT2D eigenvalue weighted by Gasteiger charge is -2.33. The summed E-state index contributed by atoms with van der Waals surface area (Å²) in [6.07, 6.45) is 3.70. The minimum atomic E-state index is -3.87. The average Bonchev–Trinajstić information content (AvgIpc) is 3.06. The van der Waals surface area contributed by atoms with E-state index in [2.05, 4.69) is 9.97 Å². The van der Waals surface area contributed by atoms with Gasteiger partial charge in [0.2, 0.25) is 0 Å². The number of aromatic nitrogens is 2. The normalized spacial score (nSPS) is 23.5. The molecule has 118 valence electrons. The summed E-state index contributed by atoms with van der Waals surface area (Å²) in [4.78, 5) is 18.5. The highest BCUT2D eigenvalue weighted by atomic mass is 32.2. The van der Waals surface area contributed by atoms with Gasteiger partial charge in [-0.15, -0.1) is 0 Å². The number of imidazole rings is 1. The van der Waals surface area contributed by atoms with Crippen molar-refractivity contribution in [3.63, 3.8) is 0 Å². The van der Waals surface area contributed by atoms with Crippen molar-refractivity contribution < 1.29 is 18.3 Å². The van der Waals surface area contributed by atoms with Gasteiger partial charge in [0.25, 0.3) is 10.0 Å². The van der Waals surface area contributed by atoms with Crippen LogP contribution in [0, 0.1) is 0 Å². The number of sulfonamides is 1. The fourth-order valence-electron chi connectivity index (χ4n) is 2.96. The fraction of sp³-hybridized carbons (Fsp3) is 0.692. The molecule has 1 saturated heterocycles. The summed E-state index contributed by atoms with van der Waals surface area (Å²) in [7, 11) is -3.87. The Bertz CT molecular complexity index is 625. The first-order chi connectivity index (χ1) is 9.88. The Balaban J connectivity index is 2.44. The Kier molecular flexibility index (Phi) is 4.38. The highest BCUT2D eigenvalue weighted by Gasteiger charge is 2.52. The molecule has 1 aromatic heterocycles. The second kappa shape index (κ2) is 5.76. The second-order valence-electron chi connectivity index (χ2n) is 5.32. The summed E-state index contributed by atoms with van der Waals surface area (Å²) in [6.45, 7) is 3.96. The van der Waals surface area contributed by atoms with Crippen LogP contribution in [-0.4, -0.2) is 45.9 Å². The SMILES string of the molecule is CCCC1(C(=O)O)CCCN1S(=O)(=O)c1cnc(CC)[nH]1. The first-order valence-corrected chi connectivity index (χ1v) is 8.62. The van der Waals surface area contributed by atoms with Gasteiger partial charge in [0.15, 0.2) is 5.03 Å². The molecular formula is C13H21N3O4S. The summed E-state index contributed by atoms with van der Waals surface area (Å²) in [6, 6.07) is 0. The number of carbonyl (C=O) groups is 1. The number of carboxylic acids is 1. The molecule has 7 nitrogen and oxygen atoms in total. The van der Waals surface area contributed by atoms with Gasteiger partial charge in [0, 0.05) is 13.0 Å². The summed E-state index contributed by atoms with van der Waals surface area (Å²) < 4.78 is 26.6. The minimum absolute atomic E-state index is 0.0250. The van der Waals surface area contributed by atoms with Gasteiger partial charge in [-0.1, -0.05) is 20.3 Å². The minimum Gasteiger partial charge on any atom is -0.480 e. The largest absolute Gasteiger partial charge is 0.480 e. The number of aliphatic carboxylic acids is 1. The van der Waals surface area contributed by atoms with Crippen LogP contribution in [0.1, 0.15) is 45.4 Å². The highest BCUT2D eigenvalue weighted by Crippen LogP contribution is 2.38. The van der Waals surface area contributed by atoms with E-state index in [1.807, 2.05) is 13.8 Å². The lowest BCUT2D eigenvalue weighted by Crippen LogP contribution is -2.52. The molecule has 0 bridgehead atoms. The third-order valence-electron chi connectivity index (χ3n) is 4.00. The van der Waals surface area contributed by atoms with Gasteiger partial charge >= 0.3 is 5.97 Å². The van der Waals surface area contributed by atoms with Crippen LogP contribution < -0.4 is 0 Å². The van der Waals surface area contributed by atoms with E-state index in [1.165, 1.54) is 6.20 Å². The van der Waals surface area contributed by atoms with Gasteiger partial charge in [0.1, 0.15) is 11.4 Å². The molecule has 1 fully saturated rings. The van der Waals surface area contributed by atoms with Gasteiger partial charge in [-0.25, -0.2) is 13.4 Å². The number of nitrogens with zero attached hydrogens (tertiary/aromatic N) is 2. The van der Waals surface area contributed by atoms with Crippen molar-refractivity contribution in [1.82, 2.24) is 14.3 Å². The van der Waals surface area contributed by atoms with Crippen LogP contribution in [0.15, 0.2) is 11.2 Å². The molecule has 21 heavy (non-hydrogen) atoms. The van der Waals surface area contributed by atoms with E-state index in [1.54, 1.807) is 0 Å². The average molecular weight is 315 g/mol. The van der Waals surface area contributed by atoms with Crippen molar-refractivity contribution >= 4 is 16.0 Å². The van der Waals surface area contributed by atoms with Crippen LogP contribution >= 0.6 is 0 Å². The molecule has 2 rings (SSSR count). The molecule has 1 atom stereocenters. The van der Waals surface area contributed by atoms with Crippen LogP contribution in [-0.2, 0) is 21.2 Å². The van der Waals surface area contributed by atoms with Gasteiger partial charge < -0.3 is 10.1 Å². The van der Waals surface area contributed by atoms with Crippen molar-refractivity contribution in [2.75, 3.05) is 6.54 Å². The number of nitrogens with one attached hydrogen (secondary N) is 1. The van der Waals surface area contributed by atoms with Crippen molar-refractivity contribution in [1.29, 1.82) is 0 Å². The number of H-pyrrole nitrogens is 1. The zero-order valence-electron chi connectivity index (χ0n) is 12.3. The van der Waals surface area contributed by atoms with Gasteiger partial charge in [0.05, 0.1) is 6.20 Å². The summed E-state index contributed by atoms with van der Waals surface area (Å²) >= 11 is 0. The number of carboxylic acid groups (broad SMARTS) is 1. The standard InChI is InChI=1S/C13H21N3O4S/c1-3-6-13(12(17)18)7-5-8-16(13)21(19,20)11-9-14-10(4-2)15-11/h9H,3-8H2,1-2H3,(H,14,15)(H,17,18). The Labute approximate surface area is 124 Å². The predicted octanol–water partition coefficient (Wildman–Crippen LogP) is 1.38. The Morgan fingerprint density at radius 2 is 2.24 bits per heavy atom. The molecule has 2 N–H and O–H groups in total. The summed E-state index contributed by atoms with van der Waals surface area (Å²) in [5.74, 6) is -0.496. The van der Waals surface area contributed by atoms with E-state index in [0.29, 0.717) is 37.9 Å². The molecule has 0 spiro atoms. The van der Waals surface area contributed by atoms with E-state index < -0.39 is 21.5 Å². The fourth-order valence-corrected chi connectivity index (χ4v) is 4.72. The monoisotopic (exact) mass is 315 g/mol. The number of aromatic amines is 1. The topological polar surface area (TPSA) is 103 Å². The lowest BCUT2D eigenvalue weighted by molar-refractivity contribution is -0.147. The summed E-state index contributed by atoms with van der Waals surface area (Å²) in [5.41, 5.74) is -1.33. The third-order valence-corrected chi connectivity index (χ3v) is 5.87. The molecule has 0 saturated carbocycles. The molecule has 1 aromatic rings. The quantitative estimate of drug-likeness (QED) is 0.825. The maximum atomic E-state index is 12.7. The summed E-state index contributed by atoms with van der Waals surface area (Å²) in [5, 5.41) is 9.57. The molecule has 0 aromatic carbocycles. The Morgan fingerprint density at radius 3 is 2.76 bits per heavy atom. The first-order valence-electron chi connectivity index (χ1n) is 7.18. The van der Waals surface area contributed by atoms with E-state index in [-0.39, 0.29) is 11.6 Å². The number of hydrogen-bond acceptors (Lipinski definition) is 4.